The van der Waals surface area contributed by atoms with E-state index in [-0.39, 0.29) is 5.59 Å². The lowest BCUT2D eigenvalue weighted by atomic mass is 9.78. The van der Waals surface area contributed by atoms with Gasteiger partial charge in [-0.3, -0.25) is 9.97 Å². The highest BCUT2D eigenvalue weighted by molar-refractivity contribution is 6.59. The van der Waals surface area contributed by atoms with E-state index in [1.807, 2.05) is 54.6 Å². The number of nitrogens with zero attached hydrogens (tertiary/aromatic N) is 2. The molecule has 2 heterocycles. The number of rotatable bonds is 3. The SMILES string of the molecule is OB(O)c1nccc(-c2ccccn2)c1-c1ccccc1. The largest absolute Gasteiger partial charge is 0.508 e. The Hall–Kier alpha value is -2.50. The van der Waals surface area contributed by atoms with Gasteiger partial charge in [-0.1, -0.05) is 36.4 Å². The molecule has 0 spiro atoms. The van der Waals surface area contributed by atoms with E-state index in [2.05, 4.69) is 9.97 Å². The van der Waals surface area contributed by atoms with E-state index in [1.165, 1.54) is 0 Å². The summed E-state index contributed by atoms with van der Waals surface area (Å²) in [4.78, 5) is 8.46. The van der Waals surface area contributed by atoms with Crippen LogP contribution < -0.4 is 5.59 Å². The Morgan fingerprint density at radius 2 is 1.52 bits per heavy atom. The molecule has 0 radical (unpaired) electrons. The van der Waals surface area contributed by atoms with Crippen LogP contribution in [0.1, 0.15) is 0 Å². The van der Waals surface area contributed by atoms with Crippen LogP contribution in [0.5, 0.6) is 0 Å². The van der Waals surface area contributed by atoms with Gasteiger partial charge < -0.3 is 10.0 Å². The Bertz CT molecular complexity index is 734. The van der Waals surface area contributed by atoms with Crippen molar-refractivity contribution in [3.05, 3.63) is 67.0 Å². The predicted molar refractivity (Wildman–Crippen MR) is 82.7 cm³/mol. The lowest BCUT2D eigenvalue weighted by molar-refractivity contribution is 0.424. The Labute approximate surface area is 122 Å². The van der Waals surface area contributed by atoms with Crippen molar-refractivity contribution < 1.29 is 10.0 Å². The molecule has 1 aromatic carbocycles. The van der Waals surface area contributed by atoms with Gasteiger partial charge in [-0.25, -0.2) is 0 Å². The highest BCUT2D eigenvalue weighted by Crippen LogP contribution is 2.28. The molecule has 4 nitrogen and oxygen atoms in total. The summed E-state index contributed by atoms with van der Waals surface area (Å²) in [5.74, 6) is 0. The summed E-state index contributed by atoms with van der Waals surface area (Å²) in [7, 11) is -1.64. The molecule has 0 aliphatic rings. The summed E-state index contributed by atoms with van der Waals surface area (Å²) in [6, 6.07) is 17.0. The normalized spacial score (nSPS) is 10.4. The quantitative estimate of drug-likeness (QED) is 0.711. The molecule has 3 aromatic rings. The molecule has 0 amide bonds. The Morgan fingerprint density at radius 1 is 0.762 bits per heavy atom. The van der Waals surface area contributed by atoms with E-state index in [1.54, 1.807) is 12.4 Å². The fourth-order valence-corrected chi connectivity index (χ4v) is 2.32. The summed E-state index contributed by atoms with van der Waals surface area (Å²) in [5, 5.41) is 19.2. The molecule has 5 heteroatoms. The van der Waals surface area contributed by atoms with Crippen molar-refractivity contribution >= 4 is 12.7 Å². The van der Waals surface area contributed by atoms with Crippen LogP contribution in [0.25, 0.3) is 22.4 Å². The van der Waals surface area contributed by atoms with E-state index >= 15 is 0 Å². The van der Waals surface area contributed by atoms with Crippen molar-refractivity contribution in [2.45, 2.75) is 0 Å². The summed E-state index contributed by atoms with van der Waals surface area (Å²) >= 11 is 0. The van der Waals surface area contributed by atoms with Gasteiger partial charge in [0.05, 0.1) is 11.3 Å². The monoisotopic (exact) mass is 276 g/mol. The van der Waals surface area contributed by atoms with Crippen molar-refractivity contribution in [2.24, 2.45) is 0 Å². The van der Waals surface area contributed by atoms with Gasteiger partial charge in [0.1, 0.15) is 0 Å². The predicted octanol–water partition coefficient (Wildman–Crippen LogP) is 1.49. The minimum absolute atomic E-state index is 0.226. The van der Waals surface area contributed by atoms with E-state index in [4.69, 9.17) is 0 Å². The second kappa shape index (κ2) is 5.87. The van der Waals surface area contributed by atoms with Crippen LogP contribution in [-0.4, -0.2) is 27.1 Å². The Morgan fingerprint density at radius 3 is 2.19 bits per heavy atom. The second-order valence-corrected chi connectivity index (χ2v) is 4.57. The molecule has 102 valence electrons. The molecule has 2 aromatic heterocycles. The first-order valence-corrected chi connectivity index (χ1v) is 6.59. The summed E-state index contributed by atoms with van der Waals surface area (Å²) in [6.07, 6.45) is 3.27. The van der Waals surface area contributed by atoms with Crippen molar-refractivity contribution in [2.75, 3.05) is 0 Å². The minimum atomic E-state index is -1.64. The van der Waals surface area contributed by atoms with Crippen molar-refractivity contribution in [3.63, 3.8) is 0 Å². The standard InChI is InChI=1S/C16H13BN2O2/c20-17(21)16-15(12-6-2-1-3-7-12)13(9-11-19-16)14-8-4-5-10-18-14/h1-11,20-21H. The van der Waals surface area contributed by atoms with Gasteiger partial charge in [-0.2, -0.15) is 0 Å². The van der Waals surface area contributed by atoms with Crippen LogP contribution in [0.15, 0.2) is 67.0 Å². The molecule has 3 rings (SSSR count). The minimum Gasteiger partial charge on any atom is -0.422 e. The van der Waals surface area contributed by atoms with Crippen LogP contribution in [-0.2, 0) is 0 Å². The van der Waals surface area contributed by atoms with Gasteiger partial charge in [0.25, 0.3) is 0 Å². The number of hydrogen-bond acceptors (Lipinski definition) is 4. The molecular formula is C16H13BN2O2. The zero-order valence-electron chi connectivity index (χ0n) is 11.2. The van der Waals surface area contributed by atoms with Gasteiger partial charge >= 0.3 is 7.12 Å². The van der Waals surface area contributed by atoms with E-state index < -0.39 is 7.12 Å². The number of benzene rings is 1. The van der Waals surface area contributed by atoms with Crippen LogP contribution >= 0.6 is 0 Å². The molecule has 0 aliphatic carbocycles. The highest BCUT2D eigenvalue weighted by Gasteiger charge is 2.22. The van der Waals surface area contributed by atoms with Crippen LogP contribution in [0.2, 0.25) is 0 Å². The third-order valence-corrected chi connectivity index (χ3v) is 3.23. The molecule has 0 atom stereocenters. The zero-order valence-corrected chi connectivity index (χ0v) is 11.2. The fourth-order valence-electron chi connectivity index (χ4n) is 2.32. The molecule has 2 N–H and O–H groups in total. The maximum atomic E-state index is 9.61. The van der Waals surface area contributed by atoms with Crippen molar-refractivity contribution in [1.82, 2.24) is 9.97 Å². The molecule has 0 saturated carbocycles. The van der Waals surface area contributed by atoms with Crippen LogP contribution in [0.4, 0.5) is 0 Å². The van der Waals surface area contributed by atoms with Gasteiger partial charge in [0, 0.05) is 23.5 Å². The smallest absolute Gasteiger partial charge is 0.422 e. The van der Waals surface area contributed by atoms with Crippen molar-refractivity contribution in [3.8, 4) is 22.4 Å². The zero-order chi connectivity index (χ0) is 14.7. The Balaban J connectivity index is 2.28. The first-order valence-electron chi connectivity index (χ1n) is 6.59. The first kappa shape index (κ1) is 13.5. The van der Waals surface area contributed by atoms with E-state index in [9.17, 15) is 10.0 Å². The molecule has 0 fully saturated rings. The Kier molecular flexibility index (Phi) is 3.77. The lowest BCUT2D eigenvalue weighted by Crippen LogP contribution is -2.34. The van der Waals surface area contributed by atoms with Crippen LogP contribution in [0, 0.1) is 0 Å². The average Bonchev–Trinajstić information content (AvgIpc) is 2.55. The summed E-state index contributed by atoms with van der Waals surface area (Å²) < 4.78 is 0. The third kappa shape index (κ3) is 2.70. The number of aromatic nitrogens is 2. The molecular weight excluding hydrogens is 263 g/mol. The van der Waals surface area contributed by atoms with E-state index in [0.717, 1.165) is 16.8 Å². The third-order valence-electron chi connectivity index (χ3n) is 3.23. The van der Waals surface area contributed by atoms with Gasteiger partial charge in [-0.15, -0.1) is 0 Å². The maximum absolute atomic E-state index is 9.61. The highest BCUT2D eigenvalue weighted by atomic mass is 16.4. The van der Waals surface area contributed by atoms with Crippen LogP contribution in [0.3, 0.4) is 0 Å². The number of hydrogen-bond donors (Lipinski definition) is 2. The lowest BCUT2D eigenvalue weighted by Gasteiger charge is -2.13. The van der Waals surface area contributed by atoms with Gasteiger partial charge in [0.2, 0.25) is 0 Å². The van der Waals surface area contributed by atoms with Crippen molar-refractivity contribution in [1.29, 1.82) is 0 Å². The topological polar surface area (TPSA) is 66.2 Å². The molecule has 0 saturated heterocycles. The summed E-state index contributed by atoms with van der Waals surface area (Å²) in [6.45, 7) is 0. The summed E-state index contributed by atoms with van der Waals surface area (Å²) in [5.41, 5.74) is 3.37. The maximum Gasteiger partial charge on any atom is 0.508 e. The number of pyridine rings is 2. The first-order chi connectivity index (χ1) is 10.3. The van der Waals surface area contributed by atoms with E-state index in [0.29, 0.717) is 5.56 Å². The van der Waals surface area contributed by atoms with Gasteiger partial charge in [0.15, 0.2) is 0 Å². The molecule has 0 aliphatic heterocycles. The average molecular weight is 276 g/mol. The molecule has 0 unspecified atom stereocenters. The second-order valence-electron chi connectivity index (χ2n) is 4.57. The molecule has 21 heavy (non-hydrogen) atoms. The van der Waals surface area contributed by atoms with Gasteiger partial charge in [-0.05, 0) is 23.8 Å². The fraction of sp³-hybridized carbons (Fsp3) is 0. The molecule has 0 bridgehead atoms.